The molecule has 0 saturated heterocycles. The zero-order valence-corrected chi connectivity index (χ0v) is 5.99. The van der Waals surface area contributed by atoms with Gasteiger partial charge in [0.2, 0.25) is 0 Å². The predicted octanol–water partition coefficient (Wildman–Crippen LogP) is 2.21. The van der Waals surface area contributed by atoms with E-state index in [2.05, 4.69) is 0 Å². The Morgan fingerprint density at radius 3 is 3.00 bits per heavy atom. The summed E-state index contributed by atoms with van der Waals surface area (Å²) in [6, 6.07) is 1.88. The van der Waals surface area contributed by atoms with Gasteiger partial charge in [0, 0.05) is 0 Å². The summed E-state index contributed by atoms with van der Waals surface area (Å²) in [5.74, 6) is 0.876. The fourth-order valence-electron chi connectivity index (χ4n) is 0.981. The first-order chi connectivity index (χ1) is 5.47. The van der Waals surface area contributed by atoms with Crippen molar-refractivity contribution >= 4 is 5.76 Å². The van der Waals surface area contributed by atoms with Crippen LogP contribution in [0, 0.1) is 0 Å². The molecule has 1 aliphatic heterocycles. The Kier molecular flexibility index (Phi) is 1.52. The van der Waals surface area contributed by atoms with Crippen molar-refractivity contribution in [1.82, 2.24) is 0 Å². The fraction of sp³-hybridized carbons (Fsp3) is 0.111. The normalized spacial score (nSPS) is 15.8. The number of hydrogen-bond acceptors (Lipinski definition) is 2. The van der Waals surface area contributed by atoms with Crippen LogP contribution in [0.25, 0.3) is 5.76 Å². The lowest BCUT2D eigenvalue weighted by Gasteiger charge is -2.08. The van der Waals surface area contributed by atoms with Crippen molar-refractivity contribution in [2.45, 2.75) is 0 Å². The van der Waals surface area contributed by atoms with Gasteiger partial charge in [0.15, 0.2) is 0 Å². The summed E-state index contributed by atoms with van der Waals surface area (Å²) in [5.41, 5.74) is 0.995. The summed E-state index contributed by atoms with van der Waals surface area (Å²) >= 11 is 0. The fourth-order valence-corrected chi connectivity index (χ4v) is 0.981. The van der Waals surface area contributed by atoms with E-state index in [-0.39, 0.29) is 0 Å². The van der Waals surface area contributed by atoms with E-state index in [9.17, 15) is 0 Å². The molecule has 0 radical (unpaired) electrons. The SMILES string of the molecule is C1=CCOC(c2ccoc2)=C1. The Morgan fingerprint density at radius 1 is 1.36 bits per heavy atom. The number of rotatable bonds is 1. The number of ether oxygens (including phenoxy) is 1. The van der Waals surface area contributed by atoms with Gasteiger partial charge in [-0.3, -0.25) is 0 Å². The van der Waals surface area contributed by atoms with Gasteiger partial charge < -0.3 is 9.15 Å². The highest BCUT2D eigenvalue weighted by molar-refractivity contribution is 5.61. The van der Waals surface area contributed by atoms with Gasteiger partial charge in [-0.15, -0.1) is 0 Å². The molecule has 0 unspecified atom stereocenters. The minimum Gasteiger partial charge on any atom is -0.489 e. The molecule has 0 amide bonds. The van der Waals surface area contributed by atoms with E-state index in [0.717, 1.165) is 11.3 Å². The molecule has 0 spiro atoms. The molecule has 1 aliphatic rings. The quantitative estimate of drug-likeness (QED) is 0.609. The van der Waals surface area contributed by atoms with Crippen LogP contribution in [0.5, 0.6) is 0 Å². The zero-order chi connectivity index (χ0) is 7.52. The molecule has 0 saturated carbocycles. The lowest BCUT2D eigenvalue weighted by Crippen LogP contribution is -1.93. The molecule has 1 aromatic rings. The van der Waals surface area contributed by atoms with Gasteiger partial charge in [-0.25, -0.2) is 0 Å². The highest BCUT2D eigenvalue weighted by Crippen LogP contribution is 2.18. The molecule has 0 aliphatic carbocycles. The Morgan fingerprint density at radius 2 is 2.36 bits per heavy atom. The van der Waals surface area contributed by atoms with Gasteiger partial charge in [-0.05, 0) is 18.2 Å². The van der Waals surface area contributed by atoms with E-state index in [1.165, 1.54) is 0 Å². The maximum absolute atomic E-state index is 5.34. The maximum atomic E-state index is 5.34. The van der Waals surface area contributed by atoms with Gasteiger partial charge in [-0.2, -0.15) is 0 Å². The highest BCUT2D eigenvalue weighted by atomic mass is 16.5. The minimum atomic E-state index is 0.650. The van der Waals surface area contributed by atoms with Crippen LogP contribution in [0.1, 0.15) is 5.56 Å². The van der Waals surface area contributed by atoms with Crippen molar-refractivity contribution < 1.29 is 9.15 Å². The van der Waals surface area contributed by atoms with Crippen LogP contribution in [0.4, 0.5) is 0 Å². The first kappa shape index (κ1) is 6.28. The van der Waals surface area contributed by atoms with E-state index in [1.54, 1.807) is 12.5 Å². The van der Waals surface area contributed by atoms with Gasteiger partial charge in [-0.1, -0.05) is 6.08 Å². The average molecular weight is 148 g/mol. The van der Waals surface area contributed by atoms with Gasteiger partial charge in [0.25, 0.3) is 0 Å². The van der Waals surface area contributed by atoms with Crippen LogP contribution >= 0.6 is 0 Å². The Balaban J connectivity index is 2.29. The molecule has 11 heavy (non-hydrogen) atoms. The first-order valence-electron chi connectivity index (χ1n) is 3.49. The summed E-state index contributed by atoms with van der Waals surface area (Å²) in [6.45, 7) is 0.650. The van der Waals surface area contributed by atoms with E-state index >= 15 is 0 Å². The lowest BCUT2D eigenvalue weighted by molar-refractivity contribution is 0.315. The molecule has 2 nitrogen and oxygen atoms in total. The van der Waals surface area contributed by atoms with Crippen molar-refractivity contribution in [1.29, 1.82) is 0 Å². The Bertz CT molecular complexity index is 281. The second kappa shape index (κ2) is 2.66. The number of hydrogen-bond donors (Lipinski definition) is 0. The molecule has 2 heteroatoms. The molecule has 2 rings (SSSR count). The van der Waals surface area contributed by atoms with Gasteiger partial charge in [0.1, 0.15) is 18.6 Å². The van der Waals surface area contributed by atoms with Crippen molar-refractivity contribution in [3.05, 3.63) is 42.4 Å². The van der Waals surface area contributed by atoms with Crippen molar-refractivity contribution in [3.63, 3.8) is 0 Å². The van der Waals surface area contributed by atoms with E-state index < -0.39 is 0 Å². The summed E-state index contributed by atoms with van der Waals surface area (Å²) in [5, 5.41) is 0. The molecule has 1 aromatic heterocycles. The molecule has 0 fully saturated rings. The molecule has 0 bridgehead atoms. The molecule has 0 aromatic carbocycles. The van der Waals surface area contributed by atoms with Crippen LogP contribution in [0.2, 0.25) is 0 Å². The summed E-state index contributed by atoms with van der Waals surface area (Å²) in [4.78, 5) is 0. The van der Waals surface area contributed by atoms with Crippen molar-refractivity contribution in [2.24, 2.45) is 0 Å². The largest absolute Gasteiger partial charge is 0.489 e. The van der Waals surface area contributed by atoms with E-state index in [0.29, 0.717) is 6.61 Å². The van der Waals surface area contributed by atoms with Crippen LogP contribution in [0.15, 0.2) is 41.2 Å². The number of furan rings is 1. The third-order valence-electron chi connectivity index (χ3n) is 1.52. The van der Waals surface area contributed by atoms with Crippen LogP contribution in [-0.4, -0.2) is 6.61 Å². The molecular weight excluding hydrogens is 140 g/mol. The third-order valence-corrected chi connectivity index (χ3v) is 1.52. The Hall–Kier alpha value is -1.44. The smallest absolute Gasteiger partial charge is 0.130 e. The monoisotopic (exact) mass is 148 g/mol. The molecule has 56 valence electrons. The zero-order valence-electron chi connectivity index (χ0n) is 5.99. The van der Waals surface area contributed by atoms with Gasteiger partial charge >= 0.3 is 0 Å². The van der Waals surface area contributed by atoms with E-state index in [4.69, 9.17) is 9.15 Å². The van der Waals surface area contributed by atoms with Gasteiger partial charge in [0.05, 0.1) is 11.8 Å². The first-order valence-corrected chi connectivity index (χ1v) is 3.49. The van der Waals surface area contributed by atoms with Crippen LogP contribution < -0.4 is 0 Å². The maximum Gasteiger partial charge on any atom is 0.130 e. The highest BCUT2D eigenvalue weighted by Gasteiger charge is 2.03. The molecular formula is C9H8O2. The molecule has 2 heterocycles. The van der Waals surface area contributed by atoms with Crippen molar-refractivity contribution in [3.8, 4) is 0 Å². The lowest BCUT2D eigenvalue weighted by atomic mass is 10.2. The minimum absolute atomic E-state index is 0.650. The van der Waals surface area contributed by atoms with Crippen molar-refractivity contribution in [2.75, 3.05) is 6.61 Å². The van der Waals surface area contributed by atoms with E-state index in [1.807, 2.05) is 24.3 Å². The van der Waals surface area contributed by atoms with Crippen LogP contribution in [-0.2, 0) is 4.74 Å². The number of allylic oxidation sites excluding steroid dienone is 2. The second-order valence-corrected chi connectivity index (χ2v) is 2.28. The molecule has 0 N–H and O–H groups in total. The topological polar surface area (TPSA) is 22.4 Å². The summed E-state index contributed by atoms with van der Waals surface area (Å²) < 4.78 is 10.3. The third kappa shape index (κ3) is 1.19. The average Bonchev–Trinajstić information content (AvgIpc) is 2.58. The summed E-state index contributed by atoms with van der Waals surface area (Å²) in [7, 11) is 0. The standard InChI is InChI=1S/C9H8O2/c1-2-5-11-9(3-1)8-4-6-10-7-8/h1-4,6-7H,5H2. The second-order valence-electron chi connectivity index (χ2n) is 2.28. The predicted molar refractivity (Wildman–Crippen MR) is 41.8 cm³/mol. The summed E-state index contributed by atoms with van der Waals surface area (Å²) in [6.07, 6.45) is 9.17. The Labute approximate surface area is 64.8 Å². The molecule has 0 atom stereocenters. The van der Waals surface area contributed by atoms with Crippen LogP contribution in [0.3, 0.4) is 0 Å².